The average molecular weight is 399 g/mol. The minimum absolute atomic E-state index is 0.0557. The summed E-state index contributed by atoms with van der Waals surface area (Å²) in [6, 6.07) is 8.96. The molecular formula is C14H10INO5. The van der Waals surface area contributed by atoms with Gasteiger partial charge in [0.1, 0.15) is 5.75 Å². The topological polar surface area (TPSA) is 89.7 Å². The lowest BCUT2D eigenvalue weighted by atomic mass is 10.2. The smallest absolute Gasteiger partial charge is 0.335 e. The van der Waals surface area contributed by atoms with Crippen molar-refractivity contribution in [3.05, 3.63) is 61.2 Å². The SMILES string of the molecule is Cc1ccc(Oc2cc(C(=O)O)ccc2I)c([N+](=O)[O-])c1. The number of carbonyl (C=O) groups is 1. The first-order chi connectivity index (χ1) is 9.88. The van der Waals surface area contributed by atoms with Crippen molar-refractivity contribution in [2.75, 3.05) is 0 Å². The number of benzene rings is 2. The van der Waals surface area contributed by atoms with Gasteiger partial charge in [-0.1, -0.05) is 6.07 Å². The predicted octanol–water partition coefficient (Wildman–Crippen LogP) is 4.00. The molecule has 0 atom stereocenters. The van der Waals surface area contributed by atoms with Gasteiger partial charge in [-0.3, -0.25) is 10.1 Å². The van der Waals surface area contributed by atoms with Gasteiger partial charge in [-0.2, -0.15) is 0 Å². The molecule has 7 heteroatoms. The van der Waals surface area contributed by atoms with Gasteiger partial charge < -0.3 is 9.84 Å². The number of ether oxygens (including phenoxy) is 1. The lowest BCUT2D eigenvalue weighted by molar-refractivity contribution is -0.385. The highest BCUT2D eigenvalue weighted by Gasteiger charge is 2.17. The van der Waals surface area contributed by atoms with Crippen LogP contribution >= 0.6 is 22.6 Å². The van der Waals surface area contributed by atoms with Crippen molar-refractivity contribution >= 4 is 34.2 Å². The number of nitro benzene ring substituents is 1. The van der Waals surface area contributed by atoms with Crippen LogP contribution in [0.5, 0.6) is 11.5 Å². The lowest BCUT2D eigenvalue weighted by Gasteiger charge is -2.09. The molecule has 2 rings (SSSR count). The summed E-state index contributed by atoms with van der Waals surface area (Å²) in [5.74, 6) is -0.747. The van der Waals surface area contributed by atoms with E-state index in [2.05, 4.69) is 0 Å². The minimum Gasteiger partial charge on any atom is -0.478 e. The lowest BCUT2D eigenvalue weighted by Crippen LogP contribution is -1.99. The standard InChI is InChI=1S/C14H10INO5/c1-8-2-5-12(11(6-8)16(19)20)21-13-7-9(14(17)18)3-4-10(13)15/h2-7H,1H3,(H,17,18). The van der Waals surface area contributed by atoms with Crippen molar-refractivity contribution in [2.24, 2.45) is 0 Å². The Morgan fingerprint density at radius 1 is 1.24 bits per heavy atom. The number of hydrogen-bond acceptors (Lipinski definition) is 4. The molecule has 0 aromatic heterocycles. The molecule has 0 unspecified atom stereocenters. The van der Waals surface area contributed by atoms with E-state index in [1.54, 1.807) is 19.1 Å². The van der Waals surface area contributed by atoms with Gasteiger partial charge in [0.05, 0.1) is 14.1 Å². The van der Waals surface area contributed by atoms with Crippen LogP contribution in [0.1, 0.15) is 15.9 Å². The number of rotatable bonds is 4. The zero-order valence-corrected chi connectivity index (χ0v) is 13.0. The normalized spacial score (nSPS) is 10.2. The molecule has 1 N–H and O–H groups in total. The number of halogens is 1. The zero-order chi connectivity index (χ0) is 15.6. The second-order valence-electron chi connectivity index (χ2n) is 4.28. The predicted molar refractivity (Wildman–Crippen MR) is 84.0 cm³/mol. The second-order valence-corrected chi connectivity index (χ2v) is 5.44. The molecule has 21 heavy (non-hydrogen) atoms. The Morgan fingerprint density at radius 3 is 2.57 bits per heavy atom. The fraction of sp³-hybridized carbons (Fsp3) is 0.0714. The van der Waals surface area contributed by atoms with Gasteiger partial charge in [0.15, 0.2) is 0 Å². The van der Waals surface area contributed by atoms with E-state index < -0.39 is 10.9 Å². The molecule has 2 aromatic rings. The van der Waals surface area contributed by atoms with Gasteiger partial charge in [-0.15, -0.1) is 0 Å². The third kappa shape index (κ3) is 3.48. The molecule has 0 spiro atoms. The molecule has 6 nitrogen and oxygen atoms in total. The molecule has 0 saturated carbocycles. The van der Waals surface area contributed by atoms with Gasteiger partial charge in [-0.05, 0) is 59.3 Å². The summed E-state index contributed by atoms with van der Waals surface area (Å²) >= 11 is 1.98. The quantitative estimate of drug-likeness (QED) is 0.477. The van der Waals surface area contributed by atoms with Crippen molar-refractivity contribution in [2.45, 2.75) is 6.92 Å². The van der Waals surface area contributed by atoms with Crippen molar-refractivity contribution in [3.8, 4) is 11.5 Å². The van der Waals surface area contributed by atoms with Crippen molar-refractivity contribution in [1.82, 2.24) is 0 Å². The Labute approximate surface area is 133 Å². The van der Waals surface area contributed by atoms with Crippen LogP contribution < -0.4 is 4.74 Å². The maximum atomic E-state index is 11.1. The minimum atomic E-state index is -1.09. The van der Waals surface area contributed by atoms with E-state index >= 15 is 0 Å². The van der Waals surface area contributed by atoms with Crippen LogP contribution in [-0.2, 0) is 0 Å². The summed E-state index contributed by atoms with van der Waals surface area (Å²) in [4.78, 5) is 21.5. The summed E-state index contributed by atoms with van der Waals surface area (Å²) in [5, 5.41) is 20.0. The first kappa shape index (κ1) is 15.2. The van der Waals surface area contributed by atoms with Gasteiger partial charge >= 0.3 is 11.7 Å². The first-order valence-corrected chi connectivity index (χ1v) is 6.92. The highest BCUT2D eigenvalue weighted by atomic mass is 127. The van der Waals surface area contributed by atoms with E-state index in [4.69, 9.17) is 9.84 Å². The molecule has 2 aromatic carbocycles. The van der Waals surface area contributed by atoms with E-state index in [-0.39, 0.29) is 22.7 Å². The van der Waals surface area contributed by atoms with Gasteiger partial charge in [-0.25, -0.2) is 4.79 Å². The Balaban J connectivity index is 2.45. The first-order valence-electron chi connectivity index (χ1n) is 5.84. The summed E-state index contributed by atoms with van der Waals surface area (Å²) < 4.78 is 6.19. The number of hydrogen-bond donors (Lipinski definition) is 1. The van der Waals surface area contributed by atoms with Gasteiger partial charge in [0, 0.05) is 6.07 Å². The molecule has 0 saturated heterocycles. The second kappa shape index (κ2) is 6.08. The molecule has 0 amide bonds. The highest BCUT2D eigenvalue weighted by molar-refractivity contribution is 14.1. The Morgan fingerprint density at radius 2 is 1.95 bits per heavy atom. The maximum absolute atomic E-state index is 11.1. The van der Waals surface area contributed by atoms with E-state index in [1.165, 1.54) is 24.3 Å². The molecule has 108 valence electrons. The van der Waals surface area contributed by atoms with Crippen LogP contribution in [0.3, 0.4) is 0 Å². The fourth-order valence-electron chi connectivity index (χ4n) is 1.69. The van der Waals surface area contributed by atoms with Crippen molar-refractivity contribution in [3.63, 3.8) is 0 Å². The van der Waals surface area contributed by atoms with Crippen LogP contribution in [0, 0.1) is 20.6 Å². The monoisotopic (exact) mass is 399 g/mol. The van der Waals surface area contributed by atoms with Gasteiger partial charge in [0.2, 0.25) is 5.75 Å². The van der Waals surface area contributed by atoms with E-state index in [0.29, 0.717) is 3.57 Å². The maximum Gasteiger partial charge on any atom is 0.335 e. The zero-order valence-electron chi connectivity index (χ0n) is 10.9. The number of carboxylic acids is 1. The number of aromatic carboxylic acids is 1. The van der Waals surface area contributed by atoms with Crippen LogP contribution in [0.2, 0.25) is 0 Å². The van der Waals surface area contributed by atoms with Crippen LogP contribution in [-0.4, -0.2) is 16.0 Å². The number of nitro groups is 1. The Kier molecular flexibility index (Phi) is 4.41. The molecule has 0 aliphatic rings. The number of nitrogens with zero attached hydrogens (tertiary/aromatic N) is 1. The average Bonchev–Trinajstić information content (AvgIpc) is 2.42. The van der Waals surface area contributed by atoms with Crippen LogP contribution in [0.15, 0.2) is 36.4 Å². The summed E-state index contributed by atoms with van der Waals surface area (Å²) in [6.07, 6.45) is 0. The fourth-order valence-corrected chi connectivity index (χ4v) is 2.14. The summed E-state index contributed by atoms with van der Waals surface area (Å²) in [7, 11) is 0. The van der Waals surface area contributed by atoms with E-state index in [1.807, 2.05) is 22.6 Å². The summed E-state index contributed by atoms with van der Waals surface area (Å²) in [5.41, 5.74) is 0.634. The highest BCUT2D eigenvalue weighted by Crippen LogP contribution is 2.34. The molecule has 0 aliphatic carbocycles. The molecule has 0 radical (unpaired) electrons. The van der Waals surface area contributed by atoms with Crippen LogP contribution in [0.4, 0.5) is 5.69 Å². The Hall–Kier alpha value is -2.16. The van der Waals surface area contributed by atoms with E-state index in [0.717, 1.165) is 5.56 Å². The number of aryl methyl sites for hydroxylation is 1. The third-order valence-corrected chi connectivity index (χ3v) is 3.60. The molecule has 0 bridgehead atoms. The largest absolute Gasteiger partial charge is 0.478 e. The summed E-state index contributed by atoms with van der Waals surface area (Å²) in [6.45, 7) is 1.74. The molecular weight excluding hydrogens is 389 g/mol. The third-order valence-electron chi connectivity index (χ3n) is 2.71. The molecule has 0 heterocycles. The number of carboxylic acid groups (broad SMARTS) is 1. The van der Waals surface area contributed by atoms with E-state index in [9.17, 15) is 14.9 Å². The van der Waals surface area contributed by atoms with Crippen molar-refractivity contribution in [1.29, 1.82) is 0 Å². The Bertz CT molecular complexity index is 729. The molecule has 0 aliphatic heterocycles. The van der Waals surface area contributed by atoms with Crippen molar-refractivity contribution < 1.29 is 19.6 Å². The molecule has 0 fully saturated rings. The van der Waals surface area contributed by atoms with Crippen LogP contribution in [0.25, 0.3) is 0 Å². The van der Waals surface area contributed by atoms with Gasteiger partial charge in [0.25, 0.3) is 0 Å².